The molecule has 0 unspecified atom stereocenters. The number of hydrogen-bond donors (Lipinski definition) is 0. The highest BCUT2D eigenvalue weighted by Gasteiger charge is 2.26. The van der Waals surface area contributed by atoms with Gasteiger partial charge in [0.25, 0.3) is 0 Å². The highest BCUT2D eigenvalue weighted by molar-refractivity contribution is 6.30. The van der Waals surface area contributed by atoms with E-state index in [-0.39, 0.29) is 0 Å². The molecule has 2 aliphatic rings. The Morgan fingerprint density at radius 2 is 1.89 bits per heavy atom. The van der Waals surface area contributed by atoms with Crippen molar-refractivity contribution < 1.29 is 0 Å². The fourth-order valence-corrected chi connectivity index (χ4v) is 3.51. The van der Waals surface area contributed by atoms with E-state index in [1.54, 1.807) is 6.20 Å². The summed E-state index contributed by atoms with van der Waals surface area (Å²) in [6.45, 7) is 5.67. The van der Waals surface area contributed by atoms with E-state index >= 15 is 0 Å². The first-order chi connectivity index (χ1) is 9.33. The van der Waals surface area contributed by atoms with Crippen LogP contribution in [0.25, 0.3) is 0 Å². The van der Waals surface area contributed by atoms with E-state index in [0.717, 1.165) is 31.2 Å². The van der Waals surface area contributed by atoms with Gasteiger partial charge in [0.1, 0.15) is 5.15 Å². The lowest BCUT2D eigenvalue weighted by Gasteiger charge is -2.38. The lowest BCUT2D eigenvalue weighted by molar-refractivity contribution is 0.0936. The Morgan fingerprint density at radius 1 is 1.16 bits per heavy atom. The normalized spacial score (nSPS) is 23.0. The van der Waals surface area contributed by atoms with Crippen LogP contribution in [0.4, 0.5) is 0 Å². The summed E-state index contributed by atoms with van der Waals surface area (Å²) in [6.07, 6.45) is 7.43. The summed E-state index contributed by atoms with van der Waals surface area (Å²) in [5.74, 6) is 0. The zero-order valence-electron chi connectivity index (χ0n) is 11.4. The topological polar surface area (TPSA) is 19.4 Å². The first-order valence-electron chi connectivity index (χ1n) is 7.39. The average molecular weight is 280 g/mol. The monoisotopic (exact) mass is 279 g/mol. The highest BCUT2D eigenvalue weighted by Crippen LogP contribution is 2.24. The second-order valence-electron chi connectivity index (χ2n) is 5.70. The zero-order valence-corrected chi connectivity index (χ0v) is 12.1. The summed E-state index contributed by atoms with van der Waals surface area (Å²) in [6, 6.07) is 4.92. The molecule has 0 aromatic carbocycles. The first-order valence-corrected chi connectivity index (χ1v) is 7.76. The number of hydrogen-bond acceptors (Lipinski definition) is 3. The summed E-state index contributed by atoms with van der Waals surface area (Å²) in [4.78, 5) is 9.33. The van der Waals surface area contributed by atoms with Crippen LogP contribution in [0.15, 0.2) is 18.3 Å². The van der Waals surface area contributed by atoms with Crippen LogP contribution in [-0.4, -0.2) is 47.0 Å². The number of piperazine rings is 1. The minimum absolute atomic E-state index is 0.653. The summed E-state index contributed by atoms with van der Waals surface area (Å²) < 4.78 is 0. The van der Waals surface area contributed by atoms with Crippen molar-refractivity contribution in [2.24, 2.45) is 0 Å². The number of rotatable bonds is 3. The van der Waals surface area contributed by atoms with Gasteiger partial charge in [-0.3, -0.25) is 9.80 Å². The molecule has 1 saturated carbocycles. The second-order valence-corrected chi connectivity index (χ2v) is 6.06. The zero-order chi connectivity index (χ0) is 13.1. The van der Waals surface area contributed by atoms with Crippen molar-refractivity contribution >= 4 is 11.6 Å². The maximum absolute atomic E-state index is 6.13. The molecule has 19 heavy (non-hydrogen) atoms. The van der Waals surface area contributed by atoms with Crippen LogP contribution in [0, 0.1) is 0 Å². The summed E-state index contributed by atoms with van der Waals surface area (Å²) in [5, 5.41) is 0.653. The molecule has 0 radical (unpaired) electrons. The molecule has 1 saturated heterocycles. The molecule has 1 aliphatic carbocycles. The fourth-order valence-electron chi connectivity index (χ4n) is 3.33. The van der Waals surface area contributed by atoms with Crippen LogP contribution in [0.1, 0.15) is 31.2 Å². The molecule has 1 aromatic rings. The molecule has 0 amide bonds. The molecule has 0 spiro atoms. The average Bonchev–Trinajstić information content (AvgIpc) is 2.96. The standard InChI is InChI=1S/C15H22ClN3/c16-15-13(4-3-7-17-15)12-18-8-10-19(11-9-18)14-5-1-2-6-14/h3-4,7,14H,1-2,5-6,8-12H2. The Balaban J connectivity index is 1.51. The number of halogens is 1. The third kappa shape index (κ3) is 3.28. The van der Waals surface area contributed by atoms with Gasteiger partial charge in [-0.1, -0.05) is 30.5 Å². The van der Waals surface area contributed by atoms with Crippen molar-refractivity contribution in [2.75, 3.05) is 26.2 Å². The molecule has 104 valence electrons. The number of pyridine rings is 1. The van der Waals surface area contributed by atoms with Gasteiger partial charge in [-0.05, 0) is 18.9 Å². The smallest absolute Gasteiger partial charge is 0.133 e. The van der Waals surface area contributed by atoms with Crippen molar-refractivity contribution in [1.82, 2.24) is 14.8 Å². The van der Waals surface area contributed by atoms with Crippen LogP contribution in [0.2, 0.25) is 5.15 Å². The third-order valence-electron chi connectivity index (χ3n) is 4.48. The minimum Gasteiger partial charge on any atom is -0.298 e. The van der Waals surface area contributed by atoms with E-state index in [9.17, 15) is 0 Å². The fraction of sp³-hybridized carbons (Fsp3) is 0.667. The van der Waals surface area contributed by atoms with E-state index < -0.39 is 0 Å². The van der Waals surface area contributed by atoms with Gasteiger partial charge in [0.05, 0.1) is 0 Å². The lowest BCUT2D eigenvalue weighted by Crippen LogP contribution is -2.49. The molecule has 3 nitrogen and oxygen atoms in total. The second kappa shape index (κ2) is 6.21. The summed E-state index contributed by atoms with van der Waals surface area (Å²) >= 11 is 6.13. The molecule has 3 rings (SSSR count). The van der Waals surface area contributed by atoms with Crippen molar-refractivity contribution in [2.45, 2.75) is 38.3 Å². The van der Waals surface area contributed by atoms with Crippen molar-refractivity contribution in [1.29, 1.82) is 0 Å². The molecule has 1 aliphatic heterocycles. The van der Waals surface area contributed by atoms with Gasteiger partial charge in [-0.2, -0.15) is 0 Å². The Morgan fingerprint density at radius 3 is 2.58 bits per heavy atom. The van der Waals surface area contributed by atoms with Gasteiger partial charge in [-0.25, -0.2) is 4.98 Å². The molecule has 2 fully saturated rings. The highest BCUT2D eigenvalue weighted by atomic mass is 35.5. The van der Waals surface area contributed by atoms with Crippen molar-refractivity contribution in [3.8, 4) is 0 Å². The molecule has 0 bridgehead atoms. The number of nitrogens with zero attached hydrogens (tertiary/aromatic N) is 3. The Hall–Kier alpha value is -0.640. The van der Waals surface area contributed by atoms with Gasteiger partial charge in [-0.15, -0.1) is 0 Å². The molecule has 2 heterocycles. The van der Waals surface area contributed by atoms with Gasteiger partial charge in [0, 0.05) is 50.5 Å². The third-order valence-corrected chi connectivity index (χ3v) is 4.82. The van der Waals surface area contributed by atoms with Gasteiger partial charge in [0.15, 0.2) is 0 Å². The van der Waals surface area contributed by atoms with Crippen LogP contribution in [-0.2, 0) is 6.54 Å². The van der Waals surface area contributed by atoms with Gasteiger partial charge >= 0.3 is 0 Å². The summed E-state index contributed by atoms with van der Waals surface area (Å²) in [7, 11) is 0. The van der Waals surface area contributed by atoms with Gasteiger partial charge < -0.3 is 0 Å². The van der Waals surface area contributed by atoms with E-state index in [0.29, 0.717) is 5.15 Å². The molecular weight excluding hydrogens is 258 g/mol. The summed E-state index contributed by atoms with van der Waals surface area (Å²) in [5.41, 5.74) is 1.15. The minimum atomic E-state index is 0.653. The predicted octanol–water partition coefficient (Wildman–Crippen LogP) is 2.80. The lowest BCUT2D eigenvalue weighted by atomic mass is 10.1. The van der Waals surface area contributed by atoms with E-state index in [2.05, 4.69) is 20.9 Å². The van der Waals surface area contributed by atoms with E-state index in [1.165, 1.54) is 38.8 Å². The van der Waals surface area contributed by atoms with Gasteiger partial charge in [0.2, 0.25) is 0 Å². The molecule has 1 aromatic heterocycles. The van der Waals surface area contributed by atoms with Crippen molar-refractivity contribution in [3.05, 3.63) is 29.0 Å². The molecule has 4 heteroatoms. The van der Waals surface area contributed by atoms with E-state index in [1.807, 2.05) is 6.07 Å². The van der Waals surface area contributed by atoms with Crippen LogP contribution in [0.5, 0.6) is 0 Å². The van der Waals surface area contributed by atoms with E-state index in [4.69, 9.17) is 11.6 Å². The maximum atomic E-state index is 6.13. The first kappa shape index (κ1) is 13.3. The van der Waals surface area contributed by atoms with Crippen LogP contribution >= 0.6 is 11.6 Å². The number of aromatic nitrogens is 1. The quantitative estimate of drug-likeness (QED) is 0.793. The maximum Gasteiger partial charge on any atom is 0.133 e. The molecule has 0 N–H and O–H groups in total. The Kier molecular flexibility index (Phi) is 4.36. The van der Waals surface area contributed by atoms with Crippen LogP contribution in [0.3, 0.4) is 0 Å². The van der Waals surface area contributed by atoms with Crippen LogP contribution < -0.4 is 0 Å². The molecule has 0 atom stereocenters. The Labute approximate surface area is 120 Å². The Bertz CT molecular complexity index is 410. The molecular formula is C15H22ClN3. The SMILES string of the molecule is Clc1ncccc1CN1CCN(C2CCCC2)CC1. The van der Waals surface area contributed by atoms with Crippen molar-refractivity contribution in [3.63, 3.8) is 0 Å². The largest absolute Gasteiger partial charge is 0.298 e. The predicted molar refractivity (Wildman–Crippen MR) is 78.4 cm³/mol.